The topological polar surface area (TPSA) is 83.9 Å². The van der Waals surface area contributed by atoms with E-state index in [4.69, 9.17) is 9.84 Å². The van der Waals surface area contributed by atoms with Crippen molar-refractivity contribution in [1.29, 1.82) is 0 Å². The van der Waals surface area contributed by atoms with Gasteiger partial charge in [0.05, 0.1) is 25.4 Å². The van der Waals surface area contributed by atoms with E-state index in [0.717, 1.165) is 0 Å². The van der Waals surface area contributed by atoms with E-state index in [1.807, 2.05) is 0 Å². The molecular formula is C9H17NO5S. The van der Waals surface area contributed by atoms with Gasteiger partial charge in [0.25, 0.3) is 0 Å². The summed E-state index contributed by atoms with van der Waals surface area (Å²) in [5.74, 6) is -0.881. The van der Waals surface area contributed by atoms with Crippen LogP contribution in [0.1, 0.15) is 19.3 Å². The Kier molecular flexibility index (Phi) is 4.69. The lowest BCUT2D eigenvalue weighted by Gasteiger charge is -2.29. The normalized spacial score (nSPS) is 19.8. The number of hydrogen-bond acceptors (Lipinski definition) is 4. The number of carboxylic acids is 1. The Morgan fingerprint density at radius 1 is 1.44 bits per heavy atom. The van der Waals surface area contributed by atoms with E-state index in [2.05, 4.69) is 0 Å². The van der Waals surface area contributed by atoms with E-state index < -0.39 is 16.0 Å². The van der Waals surface area contributed by atoms with Gasteiger partial charge in [-0.15, -0.1) is 0 Å². The van der Waals surface area contributed by atoms with Crippen molar-refractivity contribution in [2.75, 3.05) is 26.0 Å². The second kappa shape index (κ2) is 5.60. The Hall–Kier alpha value is -0.660. The van der Waals surface area contributed by atoms with E-state index in [1.54, 1.807) is 0 Å². The molecule has 7 heteroatoms. The molecule has 0 spiro atoms. The smallest absolute Gasteiger partial charge is 0.305 e. The molecule has 1 rings (SSSR count). The molecule has 16 heavy (non-hydrogen) atoms. The third kappa shape index (κ3) is 4.46. The summed E-state index contributed by atoms with van der Waals surface area (Å²) in [6, 6.07) is 0. The highest BCUT2D eigenvalue weighted by atomic mass is 32.2. The zero-order valence-corrected chi connectivity index (χ0v) is 10.1. The van der Waals surface area contributed by atoms with Crippen molar-refractivity contribution in [3.05, 3.63) is 0 Å². The second-order valence-corrected chi connectivity index (χ2v) is 5.86. The number of rotatable bonds is 5. The lowest BCUT2D eigenvalue weighted by atomic mass is 10.1. The molecule has 0 amide bonds. The van der Waals surface area contributed by atoms with Gasteiger partial charge >= 0.3 is 5.97 Å². The Bertz CT molecular complexity index is 332. The molecule has 94 valence electrons. The van der Waals surface area contributed by atoms with Gasteiger partial charge in [0.2, 0.25) is 10.0 Å². The van der Waals surface area contributed by atoms with Crippen molar-refractivity contribution in [2.24, 2.45) is 0 Å². The minimum absolute atomic E-state index is 0.00765. The molecule has 0 bridgehead atoms. The Morgan fingerprint density at radius 2 is 2.00 bits per heavy atom. The van der Waals surface area contributed by atoms with Crippen molar-refractivity contribution in [1.82, 2.24) is 4.31 Å². The first-order valence-corrected chi connectivity index (χ1v) is 7.03. The molecule has 0 atom stereocenters. The third-order valence-electron chi connectivity index (χ3n) is 2.54. The molecular weight excluding hydrogens is 234 g/mol. The summed E-state index contributed by atoms with van der Waals surface area (Å²) in [7, 11) is -3.10. The van der Waals surface area contributed by atoms with Crippen LogP contribution < -0.4 is 0 Å². The second-order valence-electron chi connectivity index (χ2n) is 3.88. The number of carbonyl (C=O) groups is 1. The van der Waals surface area contributed by atoms with Crippen LogP contribution in [0.4, 0.5) is 0 Å². The Balaban J connectivity index is 2.25. The lowest BCUT2D eigenvalue weighted by Crippen LogP contribution is -2.40. The van der Waals surface area contributed by atoms with Gasteiger partial charge in [-0.25, -0.2) is 12.7 Å². The summed E-state index contributed by atoms with van der Waals surface area (Å²) < 4.78 is 29.2. The number of aliphatic carboxylic acids is 1. The van der Waals surface area contributed by atoms with Gasteiger partial charge in [-0.1, -0.05) is 0 Å². The van der Waals surface area contributed by atoms with Crippen LogP contribution in [0, 0.1) is 0 Å². The average molecular weight is 251 g/mol. The van der Waals surface area contributed by atoms with Gasteiger partial charge in [-0.2, -0.15) is 0 Å². The standard InChI is InChI=1S/C9H17NO5S/c1-16(13,14)10-5-2-8(3-6-10)15-7-4-9(11)12/h8H,2-7H2,1H3,(H,11,12). The number of hydrogen-bond donors (Lipinski definition) is 1. The highest BCUT2D eigenvalue weighted by molar-refractivity contribution is 7.88. The summed E-state index contributed by atoms with van der Waals surface area (Å²) in [4.78, 5) is 10.3. The number of piperidine rings is 1. The molecule has 1 aliphatic rings. The zero-order valence-electron chi connectivity index (χ0n) is 9.26. The number of carboxylic acid groups (broad SMARTS) is 1. The van der Waals surface area contributed by atoms with Crippen LogP contribution in [0.5, 0.6) is 0 Å². The monoisotopic (exact) mass is 251 g/mol. The van der Waals surface area contributed by atoms with E-state index in [1.165, 1.54) is 10.6 Å². The van der Waals surface area contributed by atoms with Crippen molar-refractivity contribution < 1.29 is 23.1 Å². The Morgan fingerprint density at radius 3 is 2.44 bits per heavy atom. The molecule has 0 aromatic heterocycles. The van der Waals surface area contributed by atoms with Crippen molar-refractivity contribution in [2.45, 2.75) is 25.4 Å². The molecule has 0 aromatic carbocycles. The number of nitrogens with zero attached hydrogens (tertiary/aromatic N) is 1. The maximum atomic E-state index is 11.2. The van der Waals surface area contributed by atoms with Crippen LogP contribution in [0.25, 0.3) is 0 Å². The first-order chi connectivity index (χ1) is 7.39. The number of ether oxygens (including phenoxy) is 1. The highest BCUT2D eigenvalue weighted by Gasteiger charge is 2.25. The van der Waals surface area contributed by atoms with E-state index in [-0.39, 0.29) is 19.1 Å². The number of sulfonamides is 1. The Labute approximate surface area is 95.2 Å². The predicted octanol–water partition coefficient (Wildman–Crippen LogP) is -0.0983. The maximum absolute atomic E-state index is 11.2. The fourth-order valence-electron chi connectivity index (χ4n) is 1.64. The first kappa shape index (κ1) is 13.4. The van der Waals surface area contributed by atoms with Crippen molar-refractivity contribution >= 4 is 16.0 Å². The molecule has 1 heterocycles. The quantitative estimate of drug-likeness (QED) is 0.737. The maximum Gasteiger partial charge on any atom is 0.305 e. The molecule has 0 aromatic rings. The molecule has 0 unspecified atom stereocenters. The molecule has 6 nitrogen and oxygen atoms in total. The first-order valence-electron chi connectivity index (χ1n) is 5.18. The molecule has 1 fully saturated rings. The van der Waals surface area contributed by atoms with Crippen LogP contribution in [0.2, 0.25) is 0 Å². The summed E-state index contributed by atoms with van der Waals surface area (Å²) >= 11 is 0. The van der Waals surface area contributed by atoms with Crippen LogP contribution in [-0.4, -0.2) is 55.9 Å². The molecule has 0 aliphatic carbocycles. The predicted molar refractivity (Wildman–Crippen MR) is 57.6 cm³/mol. The zero-order chi connectivity index (χ0) is 12.2. The van der Waals surface area contributed by atoms with Crippen molar-refractivity contribution in [3.8, 4) is 0 Å². The molecule has 0 saturated carbocycles. The van der Waals surface area contributed by atoms with Gasteiger partial charge in [-0.05, 0) is 12.8 Å². The third-order valence-corrected chi connectivity index (χ3v) is 3.84. The van der Waals surface area contributed by atoms with Crippen LogP contribution in [-0.2, 0) is 19.6 Å². The summed E-state index contributed by atoms with van der Waals surface area (Å²) in [5.41, 5.74) is 0. The summed E-state index contributed by atoms with van der Waals surface area (Å²) in [6.45, 7) is 1.10. The largest absolute Gasteiger partial charge is 0.481 e. The van der Waals surface area contributed by atoms with Gasteiger partial charge in [0.15, 0.2) is 0 Å². The average Bonchev–Trinajstić information content (AvgIpc) is 2.16. The van der Waals surface area contributed by atoms with E-state index >= 15 is 0 Å². The van der Waals surface area contributed by atoms with Gasteiger partial charge < -0.3 is 9.84 Å². The van der Waals surface area contributed by atoms with Crippen LogP contribution in [0.15, 0.2) is 0 Å². The van der Waals surface area contributed by atoms with Gasteiger partial charge in [0, 0.05) is 13.1 Å². The molecule has 1 N–H and O–H groups in total. The molecule has 1 saturated heterocycles. The minimum Gasteiger partial charge on any atom is -0.481 e. The lowest BCUT2D eigenvalue weighted by molar-refractivity contribution is -0.138. The fourth-order valence-corrected chi connectivity index (χ4v) is 2.52. The molecule has 1 aliphatic heterocycles. The van der Waals surface area contributed by atoms with Gasteiger partial charge in [0.1, 0.15) is 0 Å². The minimum atomic E-state index is -3.10. The molecule has 0 radical (unpaired) electrons. The van der Waals surface area contributed by atoms with Crippen LogP contribution >= 0.6 is 0 Å². The van der Waals surface area contributed by atoms with Crippen LogP contribution in [0.3, 0.4) is 0 Å². The SMILES string of the molecule is CS(=O)(=O)N1CCC(OCCC(=O)O)CC1. The highest BCUT2D eigenvalue weighted by Crippen LogP contribution is 2.15. The summed E-state index contributed by atoms with van der Waals surface area (Å²) in [5, 5.41) is 8.42. The van der Waals surface area contributed by atoms with Gasteiger partial charge in [-0.3, -0.25) is 4.79 Å². The fraction of sp³-hybridized carbons (Fsp3) is 0.889. The summed E-state index contributed by atoms with van der Waals surface area (Å²) in [6.07, 6.45) is 2.43. The van der Waals surface area contributed by atoms with E-state index in [0.29, 0.717) is 25.9 Å². The van der Waals surface area contributed by atoms with E-state index in [9.17, 15) is 13.2 Å². The van der Waals surface area contributed by atoms with Crippen molar-refractivity contribution in [3.63, 3.8) is 0 Å².